The molecule has 0 radical (unpaired) electrons. The summed E-state index contributed by atoms with van der Waals surface area (Å²) in [6.07, 6.45) is 9.12. The van der Waals surface area contributed by atoms with Gasteiger partial charge in [0.05, 0.1) is 0 Å². The number of allylic oxidation sites excluding steroid dienone is 1. The summed E-state index contributed by atoms with van der Waals surface area (Å²) in [7, 11) is 0. The van der Waals surface area contributed by atoms with Crippen molar-refractivity contribution in [2.24, 2.45) is 16.6 Å². The third-order valence-electron chi connectivity index (χ3n) is 5.64. The highest BCUT2D eigenvalue weighted by molar-refractivity contribution is 6.10. The van der Waals surface area contributed by atoms with Gasteiger partial charge in [0.2, 0.25) is 0 Å². The molecule has 0 amide bonds. The number of benzene rings is 1. The third-order valence-corrected chi connectivity index (χ3v) is 5.64. The van der Waals surface area contributed by atoms with E-state index in [0.717, 1.165) is 27.9 Å². The lowest BCUT2D eigenvalue weighted by Gasteiger charge is -2.43. The summed E-state index contributed by atoms with van der Waals surface area (Å²) in [4.78, 5) is 10.3. The number of H-pyrrole nitrogens is 1. The zero-order valence-corrected chi connectivity index (χ0v) is 15.1. The highest BCUT2D eigenvalue weighted by Gasteiger charge is 2.31. The molecule has 3 unspecified atom stereocenters. The minimum atomic E-state index is 0.484. The number of rotatable bonds is 5. The van der Waals surface area contributed by atoms with Crippen LogP contribution in [0.25, 0.3) is 16.5 Å². The summed E-state index contributed by atoms with van der Waals surface area (Å²) in [6, 6.07) is 8.77. The fraction of sp³-hybridized carbons (Fsp3) is 0.381. The topological polar surface area (TPSA) is 69.4 Å². The van der Waals surface area contributed by atoms with Gasteiger partial charge in [0, 0.05) is 48.8 Å². The van der Waals surface area contributed by atoms with Gasteiger partial charge in [-0.2, -0.15) is 0 Å². The molecule has 1 aromatic carbocycles. The zero-order chi connectivity index (χ0) is 17.9. The van der Waals surface area contributed by atoms with E-state index in [2.05, 4.69) is 51.0 Å². The van der Waals surface area contributed by atoms with Crippen LogP contribution in [0.2, 0.25) is 0 Å². The Morgan fingerprint density at radius 2 is 2.23 bits per heavy atom. The molecule has 0 spiro atoms. The highest BCUT2D eigenvalue weighted by Crippen LogP contribution is 2.27. The summed E-state index contributed by atoms with van der Waals surface area (Å²) in [5.74, 6) is 1.43. The van der Waals surface area contributed by atoms with E-state index in [9.17, 15) is 0 Å². The van der Waals surface area contributed by atoms with Gasteiger partial charge in [0.25, 0.3) is 0 Å². The van der Waals surface area contributed by atoms with Crippen molar-refractivity contribution in [3.8, 4) is 0 Å². The molecule has 0 aliphatic carbocycles. The maximum absolute atomic E-state index is 5.84. The molecule has 2 bridgehead atoms. The molecule has 2 aromatic rings. The summed E-state index contributed by atoms with van der Waals surface area (Å²) >= 11 is 0. The molecule has 0 saturated carbocycles. The number of aromatic nitrogens is 1. The fourth-order valence-electron chi connectivity index (χ4n) is 4.22. The molecule has 4 N–H and O–H groups in total. The van der Waals surface area contributed by atoms with Crippen molar-refractivity contribution < 1.29 is 0 Å². The van der Waals surface area contributed by atoms with Crippen LogP contribution in [0.3, 0.4) is 0 Å². The molecule has 26 heavy (non-hydrogen) atoms. The summed E-state index contributed by atoms with van der Waals surface area (Å²) < 4.78 is 0. The standard InChI is InChI=1S/C21H27N5/c1-15(25-21-7-10-26-9-2-3-18(21)14-26)24-13-19(12-22)16-4-5-20-17(11-16)6-8-23-20/h4-6,8,11-13,18,21,23,25H,1-3,7,9-10,14,22H2/b19-12+,24-13-. The van der Waals surface area contributed by atoms with E-state index in [0.29, 0.717) is 12.0 Å². The van der Waals surface area contributed by atoms with Crippen LogP contribution in [-0.2, 0) is 0 Å². The SMILES string of the molecule is C=C(/N=C\C(=C/N)c1ccc2[nH]ccc2c1)NC1CCN2CCCC1C2. The van der Waals surface area contributed by atoms with Crippen LogP contribution in [0.5, 0.6) is 0 Å². The predicted molar refractivity (Wildman–Crippen MR) is 109 cm³/mol. The third kappa shape index (κ3) is 3.53. The Balaban J connectivity index is 1.41. The maximum atomic E-state index is 5.84. The number of nitrogens with two attached hydrogens (primary N) is 1. The quantitative estimate of drug-likeness (QED) is 0.727. The molecule has 4 rings (SSSR count). The van der Waals surface area contributed by atoms with E-state index in [-0.39, 0.29) is 0 Å². The lowest BCUT2D eigenvalue weighted by Crippen LogP contribution is -2.51. The molecule has 2 saturated heterocycles. The summed E-state index contributed by atoms with van der Waals surface area (Å²) in [5, 5.41) is 4.70. The number of hydrogen-bond acceptors (Lipinski definition) is 4. The van der Waals surface area contributed by atoms with Crippen LogP contribution in [-0.4, -0.2) is 41.8 Å². The summed E-state index contributed by atoms with van der Waals surface area (Å²) in [6.45, 7) is 7.75. The van der Waals surface area contributed by atoms with Crippen LogP contribution in [0.15, 0.2) is 54.1 Å². The Morgan fingerprint density at radius 3 is 3.12 bits per heavy atom. The second-order valence-corrected chi connectivity index (χ2v) is 7.35. The van der Waals surface area contributed by atoms with Crippen LogP contribution >= 0.6 is 0 Å². The van der Waals surface area contributed by atoms with Gasteiger partial charge in [-0.15, -0.1) is 0 Å². The molecule has 2 aliphatic rings. The van der Waals surface area contributed by atoms with Crippen molar-refractivity contribution in [3.63, 3.8) is 0 Å². The van der Waals surface area contributed by atoms with Crippen molar-refractivity contribution in [1.29, 1.82) is 0 Å². The number of nitrogens with one attached hydrogen (secondary N) is 2. The van der Waals surface area contributed by atoms with Crippen LogP contribution < -0.4 is 11.1 Å². The van der Waals surface area contributed by atoms with E-state index in [1.807, 2.05) is 6.20 Å². The summed E-state index contributed by atoms with van der Waals surface area (Å²) in [5.41, 5.74) is 8.91. The van der Waals surface area contributed by atoms with Gasteiger partial charge in [-0.25, -0.2) is 4.99 Å². The Bertz CT molecular complexity index is 847. The van der Waals surface area contributed by atoms with Crippen molar-refractivity contribution in [1.82, 2.24) is 15.2 Å². The van der Waals surface area contributed by atoms with Crippen molar-refractivity contribution in [2.75, 3.05) is 19.6 Å². The first kappa shape index (κ1) is 16.9. The first-order chi connectivity index (χ1) is 12.7. The van der Waals surface area contributed by atoms with E-state index in [4.69, 9.17) is 5.73 Å². The molecule has 3 heterocycles. The van der Waals surface area contributed by atoms with Gasteiger partial charge in [0.15, 0.2) is 0 Å². The van der Waals surface area contributed by atoms with E-state index in [1.165, 1.54) is 38.9 Å². The van der Waals surface area contributed by atoms with Gasteiger partial charge < -0.3 is 20.9 Å². The van der Waals surface area contributed by atoms with Crippen LogP contribution in [0, 0.1) is 5.92 Å². The van der Waals surface area contributed by atoms with Crippen molar-refractivity contribution >= 4 is 22.7 Å². The molecule has 2 aliphatic heterocycles. The molecule has 5 heteroatoms. The second kappa shape index (κ2) is 7.38. The monoisotopic (exact) mass is 349 g/mol. The largest absolute Gasteiger partial charge is 0.404 e. The Morgan fingerprint density at radius 1 is 1.31 bits per heavy atom. The van der Waals surface area contributed by atoms with Gasteiger partial charge in [-0.1, -0.05) is 12.6 Å². The number of piperidine rings is 2. The minimum Gasteiger partial charge on any atom is -0.404 e. The molecular formula is C21H27N5. The number of fused-ring (bicyclic) bond motifs is 3. The number of aliphatic imine (C=N–C) groups is 1. The van der Waals surface area contributed by atoms with Crippen molar-refractivity contribution in [3.05, 3.63) is 54.6 Å². The van der Waals surface area contributed by atoms with Gasteiger partial charge in [-0.05, 0) is 60.9 Å². The Hall–Kier alpha value is -2.53. The van der Waals surface area contributed by atoms with Gasteiger partial charge in [0.1, 0.15) is 5.82 Å². The molecule has 2 fully saturated rings. The number of hydrogen-bond donors (Lipinski definition) is 3. The normalized spacial score (nSPS) is 26.3. The smallest absolute Gasteiger partial charge is 0.118 e. The van der Waals surface area contributed by atoms with Gasteiger partial charge in [-0.3, -0.25) is 0 Å². The average Bonchev–Trinajstić information content (AvgIpc) is 3.13. The first-order valence-corrected chi connectivity index (χ1v) is 9.44. The zero-order valence-electron chi connectivity index (χ0n) is 15.1. The molecule has 5 nitrogen and oxygen atoms in total. The van der Waals surface area contributed by atoms with Crippen molar-refractivity contribution in [2.45, 2.75) is 25.3 Å². The van der Waals surface area contributed by atoms with E-state index >= 15 is 0 Å². The predicted octanol–water partition coefficient (Wildman–Crippen LogP) is 3.08. The lowest BCUT2D eigenvalue weighted by molar-refractivity contribution is 0.0961. The minimum absolute atomic E-state index is 0.484. The second-order valence-electron chi connectivity index (χ2n) is 7.35. The maximum Gasteiger partial charge on any atom is 0.118 e. The molecular weight excluding hydrogens is 322 g/mol. The van der Waals surface area contributed by atoms with Crippen LogP contribution in [0.4, 0.5) is 0 Å². The lowest BCUT2D eigenvalue weighted by atomic mass is 9.85. The van der Waals surface area contributed by atoms with E-state index in [1.54, 1.807) is 12.4 Å². The first-order valence-electron chi connectivity index (χ1n) is 9.44. The Kier molecular flexibility index (Phi) is 4.80. The molecule has 1 aromatic heterocycles. The Labute approximate surface area is 154 Å². The average molecular weight is 349 g/mol. The molecule has 3 atom stereocenters. The number of aromatic amines is 1. The van der Waals surface area contributed by atoms with Crippen LogP contribution in [0.1, 0.15) is 24.8 Å². The van der Waals surface area contributed by atoms with Gasteiger partial charge >= 0.3 is 0 Å². The number of nitrogens with zero attached hydrogens (tertiary/aromatic N) is 2. The van der Waals surface area contributed by atoms with E-state index < -0.39 is 0 Å². The highest BCUT2D eigenvalue weighted by atomic mass is 15.2. The fourth-order valence-corrected chi connectivity index (χ4v) is 4.22. The molecule has 136 valence electrons.